The van der Waals surface area contributed by atoms with E-state index in [-0.39, 0.29) is 23.4 Å². The quantitative estimate of drug-likeness (QED) is 0.328. The van der Waals surface area contributed by atoms with Gasteiger partial charge in [0, 0.05) is 17.7 Å². The first-order valence-corrected chi connectivity index (χ1v) is 11.4. The van der Waals surface area contributed by atoms with Gasteiger partial charge in [0.05, 0.1) is 18.2 Å². The van der Waals surface area contributed by atoms with Crippen LogP contribution in [0.3, 0.4) is 0 Å². The van der Waals surface area contributed by atoms with E-state index in [2.05, 4.69) is 18.7 Å². The normalized spacial score (nSPS) is 17.7. The summed E-state index contributed by atoms with van der Waals surface area (Å²) in [5, 5.41) is 11.1. The van der Waals surface area contributed by atoms with Gasteiger partial charge in [-0.1, -0.05) is 44.2 Å². The first-order chi connectivity index (χ1) is 15.9. The van der Waals surface area contributed by atoms with Gasteiger partial charge in [-0.25, -0.2) is 4.39 Å². The van der Waals surface area contributed by atoms with Crippen LogP contribution in [0.1, 0.15) is 44.4 Å². The van der Waals surface area contributed by atoms with E-state index in [1.54, 1.807) is 42.5 Å². The van der Waals surface area contributed by atoms with E-state index < -0.39 is 23.5 Å². The van der Waals surface area contributed by atoms with Crippen LogP contribution in [0.5, 0.6) is 5.75 Å². The fourth-order valence-corrected chi connectivity index (χ4v) is 4.19. The molecule has 6 nitrogen and oxygen atoms in total. The molecule has 0 spiro atoms. The molecule has 1 N–H and O–H groups in total. The number of hydrogen-bond acceptors (Lipinski definition) is 5. The lowest BCUT2D eigenvalue weighted by Gasteiger charge is -2.27. The number of nitrogens with zero attached hydrogens (tertiary/aromatic N) is 2. The van der Waals surface area contributed by atoms with Crippen LogP contribution in [0.4, 0.5) is 4.39 Å². The predicted octanol–water partition coefficient (Wildman–Crippen LogP) is 4.38. The molecule has 1 aliphatic heterocycles. The summed E-state index contributed by atoms with van der Waals surface area (Å²) in [5.41, 5.74) is 0.409. The number of Topliss-reactive ketones (excluding diaryl/α,β-unsaturated/α-hetero) is 1. The third-order valence-electron chi connectivity index (χ3n) is 5.93. The molecular formula is C26H31FN2O4. The third-order valence-corrected chi connectivity index (χ3v) is 5.93. The maximum atomic E-state index is 14.9. The number of carbonyl (C=O) groups excluding carboxylic acids is 2. The highest BCUT2D eigenvalue weighted by molar-refractivity contribution is 6.46. The zero-order valence-electron chi connectivity index (χ0n) is 19.4. The third kappa shape index (κ3) is 5.25. The molecule has 33 heavy (non-hydrogen) atoms. The summed E-state index contributed by atoms with van der Waals surface area (Å²) in [7, 11) is 0. The fraction of sp³-hybridized carbons (Fsp3) is 0.385. The second kappa shape index (κ2) is 11.1. The molecule has 0 saturated carbocycles. The summed E-state index contributed by atoms with van der Waals surface area (Å²) in [6.07, 6.45) is 0.625. The Kier molecular flexibility index (Phi) is 8.22. The van der Waals surface area contributed by atoms with Gasteiger partial charge in [0.15, 0.2) is 0 Å². The van der Waals surface area contributed by atoms with E-state index in [1.807, 2.05) is 6.92 Å². The molecule has 2 aromatic rings. The van der Waals surface area contributed by atoms with E-state index in [9.17, 15) is 19.1 Å². The van der Waals surface area contributed by atoms with Crippen molar-refractivity contribution in [2.45, 2.75) is 33.2 Å². The van der Waals surface area contributed by atoms with E-state index in [0.29, 0.717) is 24.3 Å². The van der Waals surface area contributed by atoms with Crippen LogP contribution in [0.15, 0.2) is 54.1 Å². The number of benzene rings is 2. The number of amides is 1. The molecule has 1 aliphatic rings. The van der Waals surface area contributed by atoms with Crippen molar-refractivity contribution in [3.8, 4) is 5.75 Å². The lowest BCUT2D eigenvalue weighted by Crippen LogP contribution is -2.33. The molecule has 1 unspecified atom stereocenters. The van der Waals surface area contributed by atoms with Crippen molar-refractivity contribution < 1.29 is 23.8 Å². The Hall–Kier alpha value is -3.19. The number of likely N-dealkylation sites (tertiary alicyclic amines) is 1. The number of rotatable bonds is 10. The zero-order valence-corrected chi connectivity index (χ0v) is 19.4. The first-order valence-electron chi connectivity index (χ1n) is 11.4. The summed E-state index contributed by atoms with van der Waals surface area (Å²) >= 11 is 0. The standard InChI is InChI=1S/C26H31FN2O4/c1-4-28(5-2)15-10-16-29-23(20-13-7-8-14-21(20)27)22(25(31)26(29)32)24(30)18-11-9-12-19(17-18)33-6-3/h7-9,11-14,17,23,30H,4-6,10,15-16H2,1-3H3/b24-22+. The van der Waals surface area contributed by atoms with Gasteiger partial charge in [-0.2, -0.15) is 0 Å². The highest BCUT2D eigenvalue weighted by Crippen LogP contribution is 2.40. The Morgan fingerprint density at radius 3 is 2.48 bits per heavy atom. The molecule has 7 heteroatoms. The van der Waals surface area contributed by atoms with Gasteiger partial charge in [0.25, 0.3) is 11.7 Å². The number of carbonyl (C=O) groups is 2. The Bertz CT molecular complexity index is 1030. The van der Waals surface area contributed by atoms with Crippen molar-refractivity contribution in [3.63, 3.8) is 0 Å². The van der Waals surface area contributed by atoms with Crippen LogP contribution in [-0.4, -0.2) is 59.4 Å². The molecule has 0 radical (unpaired) electrons. The Labute approximate surface area is 194 Å². The minimum Gasteiger partial charge on any atom is -0.507 e. The molecule has 1 fully saturated rings. The summed E-state index contributed by atoms with van der Waals surface area (Å²) < 4.78 is 20.3. The molecule has 1 heterocycles. The van der Waals surface area contributed by atoms with Crippen molar-refractivity contribution in [2.75, 3.05) is 32.8 Å². The second-order valence-electron chi connectivity index (χ2n) is 7.86. The molecule has 1 amide bonds. The van der Waals surface area contributed by atoms with Gasteiger partial charge < -0.3 is 19.6 Å². The number of ether oxygens (including phenoxy) is 1. The van der Waals surface area contributed by atoms with Crippen LogP contribution in [0.25, 0.3) is 5.76 Å². The van der Waals surface area contributed by atoms with Crippen molar-refractivity contribution >= 4 is 17.4 Å². The van der Waals surface area contributed by atoms with Crippen molar-refractivity contribution in [2.24, 2.45) is 0 Å². The van der Waals surface area contributed by atoms with Gasteiger partial charge in [0.1, 0.15) is 17.3 Å². The van der Waals surface area contributed by atoms with Crippen molar-refractivity contribution in [1.82, 2.24) is 9.80 Å². The van der Waals surface area contributed by atoms with E-state index in [1.165, 1.54) is 11.0 Å². The maximum Gasteiger partial charge on any atom is 0.295 e. The number of halogens is 1. The minimum atomic E-state index is -1.00. The van der Waals surface area contributed by atoms with Crippen molar-refractivity contribution in [3.05, 3.63) is 71.0 Å². The smallest absolute Gasteiger partial charge is 0.295 e. The van der Waals surface area contributed by atoms with E-state index in [4.69, 9.17) is 4.74 Å². The largest absolute Gasteiger partial charge is 0.507 e. The highest BCUT2D eigenvalue weighted by Gasteiger charge is 2.46. The van der Waals surface area contributed by atoms with Crippen LogP contribution >= 0.6 is 0 Å². The lowest BCUT2D eigenvalue weighted by atomic mass is 9.95. The van der Waals surface area contributed by atoms with E-state index >= 15 is 0 Å². The van der Waals surface area contributed by atoms with Gasteiger partial charge in [0.2, 0.25) is 0 Å². The molecule has 3 rings (SSSR count). The van der Waals surface area contributed by atoms with Crippen LogP contribution in [-0.2, 0) is 9.59 Å². The average molecular weight is 455 g/mol. The lowest BCUT2D eigenvalue weighted by molar-refractivity contribution is -0.140. The van der Waals surface area contributed by atoms with Crippen LogP contribution < -0.4 is 4.74 Å². The van der Waals surface area contributed by atoms with Gasteiger partial charge in [-0.15, -0.1) is 0 Å². The highest BCUT2D eigenvalue weighted by atomic mass is 19.1. The zero-order chi connectivity index (χ0) is 24.0. The molecule has 0 aromatic heterocycles. The molecule has 176 valence electrons. The summed E-state index contributed by atoms with van der Waals surface area (Å²) in [6.45, 7) is 9.18. The summed E-state index contributed by atoms with van der Waals surface area (Å²) in [6, 6.07) is 11.7. The summed E-state index contributed by atoms with van der Waals surface area (Å²) in [4.78, 5) is 29.7. The second-order valence-corrected chi connectivity index (χ2v) is 7.86. The molecular weight excluding hydrogens is 423 g/mol. The Morgan fingerprint density at radius 1 is 1.09 bits per heavy atom. The fourth-order valence-electron chi connectivity index (χ4n) is 4.19. The average Bonchev–Trinajstić information content (AvgIpc) is 3.07. The number of ketones is 1. The molecule has 0 bridgehead atoms. The van der Waals surface area contributed by atoms with Gasteiger partial charge >= 0.3 is 0 Å². The van der Waals surface area contributed by atoms with Crippen LogP contribution in [0, 0.1) is 5.82 Å². The molecule has 1 atom stereocenters. The topological polar surface area (TPSA) is 70.1 Å². The first kappa shape index (κ1) is 24.5. The Balaban J connectivity index is 2.05. The van der Waals surface area contributed by atoms with Crippen molar-refractivity contribution in [1.29, 1.82) is 0 Å². The number of aliphatic hydroxyl groups excluding tert-OH is 1. The van der Waals surface area contributed by atoms with Gasteiger partial charge in [-0.05, 0) is 51.2 Å². The molecule has 0 aliphatic carbocycles. The SMILES string of the molecule is CCOc1cccc(/C(O)=C2\C(=O)C(=O)N(CCCN(CC)CC)C2c2ccccc2F)c1. The summed E-state index contributed by atoms with van der Waals surface area (Å²) in [5.74, 6) is -1.89. The number of hydrogen-bond donors (Lipinski definition) is 1. The van der Waals surface area contributed by atoms with Crippen LogP contribution in [0.2, 0.25) is 0 Å². The van der Waals surface area contributed by atoms with Gasteiger partial charge in [-0.3, -0.25) is 9.59 Å². The minimum absolute atomic E-state index is 0.110. The molecule has 1 saturated heterocycles. The predicted molar refractivity (Wildman–Crippen MR) is 125 cm³/mol. The maximum absolute atomic E-state index is 14.9. The number of aliphatic hydroxyl groups is 1. The monoisotopic (exact) mass is 454 g/mol. The van der Waals surface area contributed by atoms with E-state index in [0.717, 1.165) is 19.6 Å². The Morgan fingerprint density at radius 2 is 1.82 bits per heavy atom. The molecule has 2 aromatic carbocycles.